The summed E-state index contributed by atoms with van der Waals surface area (Å²) in [6.45, 7) is 1.16. The van der Waals surface area contributed by atoms with Crippen LogP contribution in [0.25, 0.3) is 11.3 Å². The number of nitrogens with two attached hydrogens (primary N) is 1. The van der Waals surface area contributed by atoms with Gasteiger partial charge in [0, 0.05) is 30.6 Å². The predicted molar refractivity (Wildman–Crippen MR) is 84.9 cm³/mol. The van der Waals surface area contributed by atoms with E-state index in [1.807, 2.05) is 4.90 Å². The first-order valence-corrected chi connectivity index (χ1v) is 7.43. The summed E-state index contributed by atoms with van der Waals surface area (Å²) in [5.41, 5.74) is 6.59. The predicted octanol–water partition coefficient (Wildman–Crippen LogP) is 2.56. The van der Waals surface area contributed by atoms with E-state index in [0.29, 0.717) is 42.9 Å². The molecule has 1 aromatic heterocycles. The number of nitrogens with zero attached hydrogens (tertiary/aromatic N) is 2. The molecular formula is C16H17N3O4. The zero-order chi connectivity index (χ0) is 16.4. The molecule has 1 aliphatic heterocycles. The third-order valence-electron chi connectivity index (χ3n) is 4.22. The van der Waals surface area contributed by atoms with E-state index in [2.05, 4.69) is 0 Å². The number of hydrogen-bond donors (Lipinski definition) is 1. The normalized spacial score (nSPS) is 15.6. The van der Waals surface area contributed by atoms with Gasteiger partial charge in [0.2, 0.25) is 5.91 Å². The number of anilines is 1. The van der Waals surface area contributed by atoms with Gasteiger partial charge < -0.3 is 15.1 Å². The molecule has 2 N–H and O–H groups in total. The molecule has 7 nitrogen and oxygen atoms in total. The van der Waals surface area contributed by atoms with Crippen molar-refractivity contribution in [2.45, 2.75) is 12.8 Å². The Hall–Kier alpha value is -2.83. The second kappa shape index (κ2) is 6.12. The molecule has 0 aliphatic carbocycles. The third-order valence-corrected chi connectivity index (χ3v) is 4.22. The van der Waals surface area contributed by atoms with Crippen molar-refractivity contribution >= 4 is 17.3 Å². The lowest BCUT2D eigenvalue weighted by atomic mass is 9.95. The zero-order valence-corrected chi connectivity index (χ0v) is 12.5. The van der Waals surface area contributed by atoms with Crippen molar-refractivity contribution in [3.05, 3.63) is 46.7 Å². The van der Waals surface area contributed by atoms with Gasteiger partial charge in [-0.05, 0) is 37.1 Å². The Labute approximate surface area is 132 Å². The Balaban J connectivity index is 1.88. The SMILES string of the molecule is NC(=O)C1CCN(c2ccc(-c3ccco3)cc2[N+](=O)[O-])CC1. The molecular weight excluding hydrogens is 298 g/mol. The summed E-state index contributed by atoms with van der Waals surface area (Å²) >= 11 is 0. The summed E-state index contributed by atoms with van der Waals surface area (Å²) < 4.78 is 5.29. The lowest BCUT2D eigenvalue weighted by molar-refractivity contribution is -0.384. The number of primary amides is 1. The Morgan fingerprint density at radius 3 is 2.61 bits per heavy atom. The summed E-state index contributed by atoms with van der Waals surface area (Å²) in [5.74, 6) is 0.145. The number of piperidine rings is 1. The highest BCUT2D eigenvalue weighted by atomic mass is 16.6. The van der Waals surface area contributed by atoms with Gasteiger partial charge >= 0.3 is 0 Å². The largest absolute Gasteiger partial charge is 0.464 e. The van der Waals surface area contributed by atoms with Gasteiger partial charge in [0.1, 0.15) is 11.4 Å². The molecule has 1 saturated heterocycles. The minimum atomic E-state index is -0.387. The van der Waals surface area contributed by atoms with E-state index >= 15 is 0 Å². The number of rotatable bonds is 4. The fourth-order valence-corrected chi connectivity index (χ4v) is 2.94. The standard InChI is InChI=1S/C16H17N3O4/c17-16(20)11-5-7-18(8-6-11)13-4-3-12(10-14(13)19(21)22)15-2-1-9-23-15/h1-4,9-11H,5-8H2,(H2,17,20). The van der Waals surface area contributed by atoms with Gasteiger partial charge in [0.15, 0.2) is 0 Å². The van der Waals surface area contributed by atoms with Gasteiger partial charge in [0.25, 0.3) is 5.69 Å². The average Bonchev–Trinajstić information content (AvgIpc) is 3.09. The number of hydrogen-bond acceptors (Lipinski definition) is 5. The molecule has 1 amide bonds. The Kier molecular flexibility index (Phi) is 4.01. The van der Waals surface area contributed by atoms with Crippen molar-refractivity contribution in [1.29, 1.82) is 0 Å². The molecule has 3 rings (SSSR count). The number of furan rings is 1. The van der Waals surface area contributed by atoms with E-state index in [1.165, 1.54) is 12.3 Å². The van der Waals surface area contributed by atoms with E-state index in [0.717, 1.165) is 0 Å². The van der Waals surface area contributed by atoms with Crippen molar-refractivity contribution < 1.29 is 14.1 Å². The van der Waals surface area contributed by atoms with Crippen LogP contribution in [-0.4, -0.2) is 23.9 Å². The van der Waals surface area contributed by atoms with Crippen LogP contribution in [0.5, 0.6) is 0 Å². The quantitative estimate of drug-likeness (QED) is 0.690. The summed E-state index contributed by atoms with van der Waals surface area (Å²) in [7, 11) is 0. The molecule has 120 valence electrons. The molecule has 0 radical (unpaired) electrons. The summed E-state index contributed by atoms with van der Waals surface area (Å²) in [4.78, 5) is 24.2. The van der Waals surface area contributed by atoms with Crippen LogP contribution in [0, 0.1) is 16.0 Å². The topological polar surface area (TPSA) is 103 Å². The summed E-state index contributed by atoms with van der Waals surface area (Å²) in [6.07, 6.45) is 2.77. The zero-order valence-electron chi connectivity index (χ0n) is 12.5. The van der Waals surface area contributed by atoms with Gasteiger partial charge in [-0.15, -0.1) is 0 Å². The maximum absolute atomic E-state index is 11.4. The van der Waals surface area contributed by atoms with Crippen molar-refractivity contribution in [1.82, 2.24) is 0 Å². The third kappa shape index (κ3) is 3.03. The van der Waals surface area contributed by atoms with Crippen molar-refractivity contribution in [3.63, 3.8) is 0 Å². The molecule has 23 heavy (non-hydrogen) atoms. The number of nitro groups is 1. The number of benzene rings is 1. The molecule has 0 bridgehead atoms. The highest BCUT2D eigenvalue weighted by Gasteiger charge is 2.27. The molecule has 0 spiro atoms. The molecule has 2 heterocycles. The Morgan fingerprint density at radius 1 is 1.30 bits per heavy atom. The van der Waals surface area contributed by atoms with E-state index < -0.39 is 0 Å². The first kappa shape index (κ1) is 15.1. The molecule has 1 fully saturated rings. The van der Waals surface area contributed by atoms with Crippen LogP contribution in [0.15, 0.2) is 41.0 Å². The minimum absolute atomic E-state index is 0.0384. The van der Waals surface area contributed by atoms with Gasteiger partial charge in [-0.25, -0.2) is 0 Å². The highest BCUT2D eigenvalue weighted by molar-refractivity contribution is 5.77. The second-order valence-corrected chi connectivity index (χ2v) is 5.60. The highest BCUT2D eigenvalue weighted by Crippen LogP contribution is 2.35. The van der Waals surface area contributed by atoms with Crippen LogP contribution >= 0.6 is 0 Å². The van der Waals surface area contributed by atoms with E-state index in [1.54, 1.807) is 24.3 Å². The van der Waals surface area contributed by atoms with E-state index in [9.17, 15) is 14.9 Å². The first-order valence-electron chi connectivity index (χ1n) is 7.43. The number of carbonyl (C=O) groups excluding carboxylic acids is 1. The lowest BCUT2D eigenvalue weighted by Crippen LogP contribution is -2.38. The van der Waals surface area contributed by atoms with Crippen LogP contribution in [-0.2, 0) is 4.79 Å². The molecule has 1 aromatic carbocycles. The van der Waals surface area contributed by atoms with Crippen molar-refractivity contribution in [2.24, 2.45) is 11.7 Å². The van der Waals surface area contributed by atoms with Gasteiger partial charge in [-0.3, -0.25) is 14.9 Å². The molecule has 0 saturated carbocycles. The monoisotopic (exact) mass is 315 g/mol. The molecule has 1 aliphatic rings. The van der Waals surface area contributed by atoms with Crippen LogP contribution in [0.2, 0.25) is 0 Å². The second-order valence-electron chi connectivity index (χ2n) is 5.60. The maximum atomic E-state index is 11.4. The maximum Gasteiger partial charge on any atom is 0.293 e. The Bertz CT molecular complexity index is 719. The molecule has 2 aromatic rings. The molecule has 0 unspecified atom stereocenters. The minimum Gasteiger partial charge on any atom is -0.464 e. The number of amides is 1. The lowest BCUT2D eigenvalue weighted by Gasteiger charge is -2.32. The van der Waals surface area contributed by atoms with Gasteiger partial charge in [-0.2, -0.15) is 0 Å². The summed E-state index contributed by atoms with van der Waals surface area (Å²) in [6, 6.07) is 8.57. The Morgan fingerprint density at radius 2 is 2.04 bits per heavy atom. The van der Waals surface area contributed by atoms with Gasteiger partial charge in [-0.1, -0.05) is 0 Å². The summed E-state index contributed by atoms with van der Waals surface area (Å²) in [5, 5.41) is 11.4. The molecule has 7 heteroatoms. The number of carbonyl (C=O) groups is 1. The van der Waals surface area contributed by atoms with Crippen molar-refractivity contribution in [2.75, 3.05) is 18.0 Å². The fourth-order valence-electron chi connectivity index (χ4n) is 2.94. The first-order chi connectivity index (χ1) is 11.1. The van der Waals surface area contributed by atoms with Crippen LogP contribution in [0.4, 0.5) is 11.4 Å². The van der Waals surface area contributed by atoms with Gasteiger partial charge in [0.05, 0.1) is 11.2 Å². The van der Waals surface area contributed by atoms with Crippen LogP contribution in [0.3, 0.4) is 0 Å². The smallest absolute Gasteiger partial charge is 0.293 e. The van der Waals surface area contributed by atoms with Crippen LogP contribution in [0.1, 0.15) is 12.8 Å². The van der Waals surface area contributed by atoms with Crippen molar-refractivity contribution in [3.8, 4) is 11.3 Å². The van der Waals surface area contributed by atoms with Crippen LogP contribution < -0.4 is 10.6 Å². The fraction of sp³-hybridized carbons (Fsp3) is 0.312. The number of nitro benzene ring substituents is 1. The van der Waals surface area contributed by atoms with E-state index in [-0.39, 0.29) is 22.4 Å². The van der Waals surface area contributed by atoms with E-state index in [4.69, 9.17) is 10.2 Å². The average molecular weight is 315 g/mol. The molecule has 0 atom stereocenters.